The minimum absolute atomic E-state index is 0. The van der Waals surface area contributed by atoms with Crippen molar-refractivity contribution in [1.29, 1.82) is 0 Å². The number of hydrogen-bond acceptors (Lipinski definition) is 4. The predicted molar refractivity (Wildman–Crippen MR) is 64.0 cm³/mol. The third-order valence-electron chi connectivity index (χ3n) is 1.91. The Labute approximate surface area is 101 Å². The van der Waals surface area contributed by atoms with Gasteiger partial charge in [-0.3, -0.25) is 4.79 Å². The highest BCUT2D eigenvalue weighted by atomic mass is 35.5. The second-order valence-corrected chi connectivity index (χ2v) is 3.00. The summed E-state index contributed by atoms with van der Waals surface area (Å²) in [4.78, 5) is 11.1. The summed E-state index contributed by atoms with van der Waals surface area (Å²) in [7, 11) is 1.37. The number of carbonyl (C=O) groups is 1. The molecule has 0 saturated carbocycles. The van der Waals surface area contributed by atoms with Crippen LogP contribution in [0.4, 0.5) is 0 Å². The van der Waals surface area contributed by atoms with Crippen LogP contribution in [-0.4, -0.2) is 26.2 Å². The van der Waals surface area contributed by atoms with Gasteiger partial charge in [-0.25, -0.2) is 0 Å². The molecule has 16 heavy (non-hydrogen) atoms. The summed E-state index contributed by atoms with van der Waals surface area (Å²) in [6.07, 6.45) is 0.219. The second kappa shape index (κ2) is 7.96. The van der Waals surface area contributed by atoms with Gasteiger partial charge in [0.05, 0.1) is 13.5 Å². The van der Waals surface area contributed by atoms with Gasteiger partial charge in [0.25, 0.3) is 0 Å². The van der Waals surface area contributed by atoms with Gasteiger partial charge in [-0.15, -0.1) is 12.4 Å². The van der Waals surface area contributed by atoms with Crippen LogP contribution in [0.2, 0.25) is 0 Å². The Morgan fingerprint density at radius 2 is 2.06 bits per heavy atom. The minimum Gasteiger partial charge on any atom is -0.492 e. The number of benzene rings is 1. The van der Waals surface area contributed by atoms with E-state index < -0.39 is 0 Å². The molecule has 0 amide bonds. The normalized spacial score (nSPS) is 9.12. The highest BCUT2D eigenvalue weighted by molar-refractivity contribution is 5.85. The number of methoxy groups -OCH3 is 1. The van der Waals surface area contributed by atoms with Crippen LogP contribution >= 0.6 is 12.4 Å². The Morgan fingerprint density at radius 3 is 2.69 bits per heavy atom. The summed E-state index contributed by atoms with van der Waals surface area (Å²) in [5.74, 6) is 0.409. The van der Waals surface area contributed by atoms with E-state index in [1.54, 1.807) is 0 Å². The van der Waals surface area contributed by atoms with Crippen LogP contribution in [0.3, 0.4) is 0 Å². The van der Waals surface area contributed by atoms with Gasteiger partial charge < -0.3 is 15.2 Å². The largest absolute Gasteiger partial charge is 0.492 e. The Morgan fingerprint density at radius 1 is 1.38 bits per heavy atom. The molecule has 0 aliphatic rings. The fourth-order valence-electron chi connectivity index (χ4n) is 1.19. The molecule has 90 valence electrons. The van der Waals surface area contributed by atoms with E-state index in [1.165, 1.54) is 7.11 Å². The molecule has 0 bridgehead atoms. The number of hydrogen-bond donors (Lipinski definition) is 1. The number of para-hydroxylation sites is 1. The first-order chi connectivity index (χ1) is 7.27. The molecule has 0 fully saturated rings. The Bertz CT molecular complexity index is 331. The van der Waals surface area contributed by atoms with Crippen LogP contribution in [0.1, 0.15) is 5.56 Å². The summed E-state index contributed by atoms with van der Waals surface area (Å²) in [6.45, 7) is 0.894. The van der Waals surface area contributed by atoms with Gasteiger partial charge in [-0.2, -0.15) is 0 Å². The van der Waals surface area contributed by atoms with Gasteiger partial charge in [-0.05, 0) is 6.07 Å². The van der Waals surface area contributed by atoms with E-state index in [0.29, 0.717) is 18.9 Å². The fourth-order valence-corrected chi connectivity index (χ4v) is 1.19. The average Bonchev–Trinajstić information content (AvgIpc) is 2.28. The molecule has 1 aromatic carbocycles. The average molecular weight is 246 g/mol. The molecular weight excluding hydrogens is 230 g/mol. The third kappa shape index (κ3) is 4.51. The lowest BCUT2D eigenvalue weighted by Gasteiger charge is -2.09. The van der Waals surface area contributed by atoms with E-state index >= 15 is 0 Å². The lowest BCUT2D eigenvalue weighted by molar-refractivity contribution is -0.139. The zero-order valence-electron chi connectivity index (χ0n) is 9.14. The van der Waals surface area contributed by atoms with Gasteiger partial charge in [-0.1, -0.05) is 18.2 Å². The quantitative estimate of drug-likeness (QED) is 0.791. The van der Waals surface area contributed by atoms with Gasteiger partial charge in [0.2, 0.25) is 0 Å². The zero-order chi connectivity index (χ0) is 11.1. The van der Waals surface area contributed by atoms with Gasteiger partial charge in [0.1, 0.15) is 12.4 Å². The van der Waals surface area contributed by atoms with Crippen LogP contribution < -0.4 is 10.5 Å². The monoisotopic (exact) mass is 245 g/mol. The van der Waals surface area contributed by atoms with E-state index in [2.05, 4.69) is 4.74 Å². The van der Waals surface area contributed by atoms with Crippen molar-refractivity contribution in [2.45, 2.75) is 6.42 Å². The molecule has 0 saturated heterocycles. The van der Waals surface area contributed by atoms with Gasteiger partial charge >= 0.3 is 5.97 Å². The first-order valence-corrected chi connectivity index (χ1v) is 4.75. The summed E-state index contributed by atoms with van der Waals surface area (Å²) in [6, 6.07) is 7.36. The summed E-state index contributed by atoms with van der Waals surface area (Å²) in [5.41, 5.74) is 6.15. The van der Waals surface area contributed by atoms with E-state index in [0.717, 1.165) is 5.56 Å². The molecule has 0 aliphatic heterocycles. The van der Waals surface area contributed by atoms with E-state index in [4.69, 9.17) is 10.5 Å². The summed E-state index contributed by atoms with van der Waals surface area (Å²) >= 11 is 0. The zero-order valence-corrected chi connectivity index (χ0v) is 9.96. The maximum atomic E-state index is 11.1. The smallest absolute Gasteiger partial charge is 0.310 e. The standard InChI is InChI=1S/C11H15NO3.ClH/c1-14-11(13)8-9-4-2-3-5-10(9)15-7-6-12;/h2-5H,6-8,12H2,1H3;1H. The fraction of sp³-hybridized carbons (Fsp3) is 0.364. The van der Waals surface area contributed by atoms with E-state index in [9.17, 15) is 4.79 Å². The molecular formula is C11H16ClNO3. The van der Waals surface area contributed by atoms with Crippen molar-refractivity contribution in [2.75, 3.05) is 20.3 Å². The molecule has 0 aliphatic carbocycles. The first-order valence-electron chi connectivity index (χ1n) is 4.75. The SMILES string of the molecule is COC(=O)Cc1ccccc1OCCN.Cl. The molecule has 0 heterocycles. The first kappa shape index (κ1) is 14.7. The molecule has 0 aromatic heterocycles. The number of nitrogens with two attached hydrogens (primary N) is 1. The molecule has 2 N–H and O–H groups in total. The van der Waals surface area contributed by atoms with Gasteiger partial charge in [0.15, 0.2) is 0 Å². The molecule has 0 radical (unpaired) electrons. The lowest BCUT2D eigenvalue weighted by Crippen LogP contribution is -2.12. The van der Waals surface area contributed by atoms with Crippen molar-refractivity contribution in [3.8, 4) is 5.75 Å². The maximum absolute atomic E-state index is 11.1. The number of carbonyl (C=O) groups excluding carboxylic acids is 1. The molecule has 1 rings (SSSR count). The molecule has 0 unspecified atom stereocenters. The van der Waals surface area contributed by atoms with Crippen LogP contribution in [0.15, 0.2) is 24.3 Å². The number of rotatable bonds is 5. The van der Waals surface area contributed by atoms with Crippen molar-refractivity contribution in [1.82, 2.24) is 0 Å². The summed E-state index contributed by atoms with van der Waals surface area (Å²) < 4.78 is 9.99. The molecule has 1 aromatic rings. The van der Waals surface area contributed by atoms with Crippen molar-refractivity contribution >= 4 is 18.4 Å². The van der Waals surface area contributed by atoms with E-state index in [-0.39, 0.29) is 24.8 Å². The Kier molecular flexibility index (Phi) is 7.33. The third-order valence-corrected chi connectivity index (χ3v) is 1.91. The van der Waals surface area contributed by atoms with Crippen molar-refractivity contribution in [3.63, 3.8) is 0 Å². The lowest BCUT2D eigenvalue weighted by atomic mass is 10.1. The highest BCUT2D eigenvalue weighted by Crippen LogP contribution is 2.18. The predicted octanol–water partition coefficient (Wildman–Crippen LogP) is 1.16. The number of halogens is 1. The van der Waals surface area contributed by atoms with Crippen molar-refractivity contribution < 1.29 is 14.3 Å². The summed E-state index contributed by atoms with van der Waals surface area (Å²) in [5, 5.41) is 0. The van der Waals surface area contributed by atoms with Gasteiger partial charge in [0, 0.05) is 12.1 Å². The van der Waals surface area contributed by atoms with Crippen LogP contribution in [-0.2, 0) is 16.0 Å². The molecule has 0 spiro atoms. The Hall–Kier alpha value is -1.26. The van der Waals surface area contributed by atoms with Crippen molar-refractivity contribution in [2.24, 2.45) is 5.73 Å². The van der Waals surface area contributed by atoms with Crippen LogP contribution in [0, 0.1) is 0 Å². The molecule has 4 nitrogen and oxygen atoms in total. The highest BCUT2D eigenvalue weighted by Gasteiger charge is 2.07. The number of ether oxygens (including phenoxy) is 2. The van der Waals surface area contributed by atoms with Crippen LogP contribution in [0.5, 0.6) is 5.75 Å². The minimum atomic E-state index is -0.279. The maximum Gasteiger partial charge on any atom is 0.310 e. The molecule has 5 heteroatoms. The molecule has 0 atom stereocenters. The topological polar surface area (TPSA) is 61.5 Å². The second-order valence-electron chi connectivity index (χ2n) is 3.00. The van der Waals surface area contributed by atoms with Crippen LogP contribution in [0.25, 0.3) is 0 Å². The van der Waals surface area contributed by atoms with E-state index in [1.807, 2.05) is 24.3 Å². The number of esters is 1. The Balaban J connectivity index is 0.00000225. The van der Waals surface area contributed by atoms with Crippen molar-refractivity contribution in [3.05, 3.63) is 29.8 Å².